The molecule has 19 heavy (non-hydrogen) atoms. The number of hydrogen-bond acceptors (Lipinski definition) is 3. The molecule has 0 spiro atoms. The van der Waals surface area contributed by atoms with E-state index in [0.717, 1.165) is 21.4 Å². The van der Waals surface area contributed by atoms with Crippen molar-refractivity contribution in [3.8, 4) is 0 Å². The monoisotopic (exact) mass is 259 g/mol. The zero-order chi connectivity index (χ0) is 13.8. The number of amides is 1. The molecule has 0 saturated heterocycles. The Kier molecular flexibility index (Phi) is 4.14. The largest absolute Gasteiger partial charge is 0.388 e. The van der Waals surface area contributed by atoms with Gasteiger partial charge < -0.3 is 5.11 Å². The highest BCUT2D eigenvalue weighted by Gasteiger charge is 2.16. The van der Waals surface area contributed by atoms with Crippen LogP contribution in [0.1, 0.15) is 18.1 Å². The fourth-order valence-corrected chi connectivity index (χ4v) is 1.93. The van der Waals surface area contributed by atoms with E-state index < -0.39 is 6.10 Å². The zero-order valence-corrected chi connectivity index (χ0v) is 11.0. The Morgan fingerprint density at radius 2 is 1.95 bits per heavy atom. The third-order valence-electron chi connectivity index (χ3n) is 3.15. The number of hydroxylamine groups is 2. The van der Waals surface area contributed by atoms with E-state index >= 15 is 0 Å². The fraction of sp³-hybridized carbons (Fsp3) is 0.267. The van der Waals surface area contributed by atoms with Gasteiger partial charge in [0.15, 0.2) is 0 Å². The van der Waals surface area contributed by atoms with Gasteiger partial charge in [-0.2, -0.15) is 0 Å². The Morgan fingerprint density at radius 3 is 2.63 bits per heavy atom. The highest BCUT2D eigenvalue weighted by molar-refractivity contribution is 5.83. The molecule has 0 aliphatic heterocycles. The van der Waals surface area contributed by atoms with Gasteiger partial charge >= 0.3 is 0 Å². The SMILES string of the molecule is CON(C)C(=O)C[C@H](O)c1ccc2ccccc2c1. The standard InChI is InChI=1S/C15H17NO3/c1-16(19-2)15(18)10-14(17)13-8-7-11-5-3-4-6-12(11)9-13/h3-9,14,17H,10H2,1-2H3/t14-/m0/s1. The van der Waals surface area contributed by atoms with Crippen LogP contribution in [0.25, 0.3) is 10.8 Å². The molecule has 0 saturated carbocycles. The van der Waals surface area contributed by atoms with E-state index in [0.29, 0.717) is 0 Å². The summed E-state index contributed by atoms with van der Waals surface area (Å²) >= 11 is 0. The van der Waals surface area contributed by atoms with Gasteiger partial charge in [-0.15, -0.1) is 0 Å². The fourth-order valence-electron chi connectivity index (χ4n) is 1.93. The van der Waals surface area contributed by atoms with Crippen LogP contribution in [0.5, 0.6) is 0 Å². The molecule has 100 valence electrons. The van der Waals surface area contributed by atoms with Gasteiger partial charge in [0.1, 0.15) is 0 Å². The van der Waals surface area contributed by atoms with Crippen LogP contribution in [0.4, 0.5) is 0 Å². The molecule has 4 nitrogen and oxygen atoms in total. The number of benzene rings is 2. The second kappa shape index (κ2) is 5.82. The second-order valence-electron chi connectivity index (χ2n) is 4.40. The van der Waals surface area contributed by atoms with E-state index in [-0.39, 0.29) is 12.3 Å². The number of fused-ring (bicyclic) bond motifs is 1. The summed E-state index contributed by atoms with van der Waals surface area (Å²) < 4.78 is 0. The minimum absolute atomic E-state index is 0.00266. The average Bonchev–Trinajstić information content (AvgIpc) is 2.45. The molecule has 1 N–H and O–H groups in total. The van der Waals surface area contributed by atoms with Crippen LogP contribution in [0.2, 0.25) is 0 Å². The minimum atomic E-state index is -0.824. The Labute approximate surface area is 112 Å². The summed E-state index contributed by atoms with van der Waals surface area (Å²) in [6, 6.07) is 13.6. The summed E-state index contributed by atoms with van der Waals surface area (Å²) in [7, 11) is 2.94. The van der Waals surface area contributed by atoms with Crippen molar-refractivity contribution in [2.45, 2.75) is 12.5 Å². The molecule has 0 unspecified atom stereocenters. The molecule has 2 aromatic rings. The van der Waals surface area contributed by atoms with Crippen LogP contribution in [-0.2, 0) is 9.63 Å². The smallest absolute Gasteiger partial charge is 0.248 e. The quantitative estimate of drug-likeness (QED) is 0.857. The van der Waals surface area contributed by atoms with Gasteiger partial charge in [0, 0.05) is 7.05 Å². The van der Waals surface area contributed by atoms with Crippen LogP contribution in [0.3, 0.4) is 0 Å². The van der Waals surface area contributed by atoms with Crippen molar-refractivity contribution in [2.24, 2.45) is 0 Å². The van der Waals surface area contributed by atoms with Gasteiger partial charge in [0.25, 0.3) is 0 Å². The van der Waals surface area contributed by atoms with E-state index in [1.807, 2.05) is 42.5 Å². The Bertz CT molecular complexity index is 582. The number of hydrogen-bond donors (Lipinski definition) is 1. The predicted molar refractivity (Wildman–Crippen MR) is 73.3 cm³/mol. The Morgan fingerprint density at radius 1 is 1.26 bits per heavy atom. The molecule has 0 aliphatic rings. The van der Waals surface area contributed by atoms with E-state index in [4.69, 9.17) is 4.84 Å². The molecule has 1 amide bonds. The first kappa shape index (κ1) is 13.5. The molecule has 0 bridgehead atoms. The van der Waals surface area contributed by atoms with Crippen molar-refractivity contribution in [2.75, 3.05) is 14.2 Å². The number of rotatable bonds is 4. The lowest BCUT2D eigenvalue weighted by molar-refractivity contribution is -0.170. The Hall–Kier alpha value is -1.91. The maximum atomic E-state index is 11.7. The van der Waals surface area contributed by atoms with E-state index in [1.54, 1.807) is 0 Å². The summed E-state index contributed by atoms with van der Waals surface area (Å²) in [4.78, 5) is 16.5. The summed E-state index contributed by atoms with van der Waals surface area (Å²) in [6.45, 7) is 0. The highest BCUT2D eigenvalue weighted by Crippen LogP contribution is 2.22. The van der Waals surface area contributed by atoms with Crippen LogP contribution < -0.4 is 0 Å². The first-order valence-corrected chi connectivity index (χ1v) is 6.09. The summed E-state index contributed by atoms with van der Waals surface area (Å²) in [5.74, 6) is -0.261. The van der Waals surface area contributed by atoms with E-state index in [9.17, 15) is 9.90 Å². The van der Waals surface area contributed by atoms with Gasteiger partial charge in [0.2, 0.25) is 5.91 Å². The van der Waals surface area contributed by atoms with Gasteiger partial charge in [-0.3, -0.25) is 9.63 Å². The van der Waals surface area contributed by atoms with Crippen molar-refractivity contribution in [3.05, 3.63) is 48.0 Å². The lowest BCUT2D eigenvalue weighted by Gasteiger charge is -2.16. The molecule has 4 heteroatoms. The molecule has 2 rings (SSSR count). The first-order valence-electron chi connectivity index (χ1n) is 6.09. The van der Waals surface area contributed by atoms with Gasteiger partial charge in [0.05, 0.1) is 19.6 Å². The lowest BCUT2D eigenvalue weighted by Crippen LogP contribution is -2.26. The normalized spacial score (nSPS) is 12.4. The van der Waals surface area contributed by atoms with Crippen molar-refractivity contribution in [1.29, 1.82) is 0 Å². The number of aliphatic hydroxyl groups excluding tert-OH is 1. The van der Waals surface area contributed by atoms with Crippen LogP contribution in [0, 0.1) is 0 Å². The van der Waals surface area contributed by atoms with Crippen molar-refractivity contribution >= 4 is 16.7 Å². The van der Waals surface area contributed by atoms with E-state index in [1.165, 1.54) is 14.2 Å². The number of carbonyl (C=O) groups is 1. The number of aliphatic hydroxyl groups is 1. The predicted octanol–water partition coefficient (Wildman–Crippen LogP) is 2.28. The zero-order valence-electron chi connectivity index (χ0n) is 11.0. The van der Waals surface area contributed by atoms with Crippen LogP contribution in [0.15, 0.2) is 42.5 Å². The van der Waals surface area contributed by atoms with Crippen molar-refractivity contribution in [1.82, 2.24) is 5.06 Å². The van der Waals surface area contributed by atoms with E-state index in [2.05, 4.69) is 0 Å². The summed E-state index contributed by atoms with van der Waals surface area (Å²) in [6.07, 6.45) is -0.822. The highest BCUT2D eigenvalue weighted by atomic mass is 16.7. The molecule has 0 aliphatic carbocycles. The lowest BCUT2D eigenvalue weighted by atomic mass is 10.0. The van der Waals surface area contributed by atoms with Gasteiger partial charge in [-0.1, -0.05) is 36.4 Å². The molecule has 0 radical (unpaired) electrons. The van der Waals surface area contributed by atoms with Crippen molar-refractivity contribution < 1.29 is 14.7 Å². The molecule has 2 aromatic carbocycles. The third-order valence-corrected chi connectivity index (χ3v) is 3.15. The minimum Gasteiger partial charge on any atom is -0.388 e. The molecular weight excluding hydrogens is 242 g/mol. The second-order valence-corrected chi connectivity index (χ2v) is 4.40. The maximum absolute atomic E-state index is 11.7. The molecule has 1 atom stereocenters. The third kappa shape index (κ3) is 3.10. The molecule has 0 heterocycles. The summed E-state index contributed by atoms with van der Waals surface area (Å²) in [5, 5.41) is 13.4. The van der Waals surface area contributed by atoms with Crippen LogP contribution >= 0.6 is 0 Å². The summed E-state index contributed by atoms with van der Waals surface area (Å²) in [5.41, 5.74) is 0.733. The van der Waals surface area contributed by atoms with Crippen LogP contribution in [-0.4, -0.2) is 30.2 Å². The molecule has 0 aromatic heterocycles. The Balaban J connectivity index is 2.17. The maximum Gasteiger partial charge on any atom is 0.248 e. The van der Waals surface area contributed by atoms with Gasteiger partial charge in [-0.05, 0) is 22.4 Å². The molecular formula is C15H17NO3. The number of carbonyl (C=O) groups excluding carboxylic acids is 1. The number of nitrogens with zero attached hydrogens (tertiary/aromatic N) is 1. The topological polar surface area (TPSA) is 49.8 Å². The van der Waals surface area contributed by atoms with Crippen molar-refractivity contribution in [3.63, 3.8) is 0 Å². The van der Waals surface area contributed by atoms with Gasteiger partial charge in [-0.25, -0.2) is 5.06 Å². The average molecular weight is 259 g/mol. The molecule has 0 fully saturated rings. The first-order chi connectivity index (χ1) is 9.11.